The first-order chi connectivity index (χ1) is 10.6. The fraction of sp³-hybridized carbons (Fsp3) is 0.533. The standard InChI is InChI=1S/C15H24N2O4S2/c1-15(2,3)22-9-8-17-23(19,20)11-6-7-13(21-5)12(10-11)14(18)16-4/h6-7,10,17H,8-9H2,1-5H3,(H,16,18). The van der Waals surface area contributed by atoms with Crippen LogP contribution in [0.15, 0.2) is 23.1 Å². The summed E-state index contributed by atoms with van der Waals surface area (Å²) in [6, 6.07) is 4.21. The summed E-state index contributed by atoms with van der Waals surface area (Å²) >= 11 is 1.68. The molecule has 0 heterocycles. The van der Waals surface area contributed by atoms with Gasteiger partial charge in [-0.2, -0.15) is 11.8 Å². The van der Waals surface area contributed by atoms with E-state index in [-0.39, 0.29) is 15.2 Å². The normalized spacial score (nSPS) is 12.0. The Morgan fingerprint density at radius 1 is 1.30 bits per heavy atom. The van der Waals surface area contributed by atoms with E-state index in [4.69, 9.17) is 4.74 Å². The molecular formula is C15H24N2O4S2. The molecule has 2 N–H and O–H groups in total. The second-order valence-corrected chi connectivity index (χ2v) is 9.49. The Balaban J connectivity index is 2.90. The summed E-state index contributed by atoms with van der Waals surface area (Å²) in [5.41, 5.74) is 0.182. The number of rotatable bonds is 7. The highest BCUT2D eigenvalue weighted by Crippen LogP contribution is 2.24. The van der Waals surface area contributed by atoms with Crippen molar-refractivity contribution in [3.63, 3.8) is 0 Å². The van der Waals surface area contributed by atoms with Crippen LogP contribution in [0, 0.1) is 0 Å². The van der Waals surface area contributed by atoms with Gasteiger partial charge in [-0.3, -0.25) is 4.79 Å². The van der Waals surface area contributed by atoms with Crippen molar-refractivity contribution >= 4 is 27.7 Å². The molecule has 1 amide bonds. The van der Waals surface area contributed by atoms with Crippen molar-refractivity contribution in [2.75, 3.05) is 26.5 Å². The summed E-state index contributed by atoms with van der Waals surface area (Å²) in [6.07, 6.45) is 0. The third-order valence-corrected chi connectivity index (χ3v) is 5.62. The lowest BCUT2D eigenvalue weighted by molar-refractivity contribution is 0.0960. The minimum Gasteiger partial charge on any atom is -0.496 e. The molecule has 0 atom stereocenters. The Hall–Kier alpha value is -1.25. The van der Waals surface area contributed by atoms with E-state index in [1.807, 2.05) is 0 Å². The Kier molecular flexibility index (Phi) is 6.91. The topological polar surface area (TPSA) is 84.5 Å². The monoisotopic (exact) mass is 360 g/mol. The van der Waals surface area contributed by atoms with Crippen LogP contribution in [0.5, 0.6) is 5.75 Å². The maximum absolute atomic E-state index is 12.3. The highest BCUT2D eigenvalue weighted by molar-refractivity contribution is 8.00. The number of hydrogen-bond acceptors (Lipinski definition) is 5. The van der Waals surface area contributed by atoms with Crippen LogP contribution < -0.4 is 14.8 Å². The van der Waals surface area contributed by atoms with Crippen LogP contribution in [0.3, 0.4) is 0 Å². The molecular weight excluding hydrogens is 336 g/mol. The minimum absolute atomic E-state index is 0.0395. The van der Waals surface area contributed by atoms with Crippen LogP contribution in [-0.4, -0.2) is 45.5 Å². The van der Waals surface area contributed by atoms with Gasteiger partial charge in [0.15, 0.2) is 0 Å². The first-order valence-corrected chi connectivity index (χ1v) is 9.61. The van der Waals surface area contributed by atoms with Gasteiger partial charge in [-0.15, -0.1) is 0 Å². The number of benzene rings is 1. The van der Waals surface area contributed by atoms with E-state index in [1.165, 1.54) is 32.4 Å². The first-order valence-electron chi connectivity index (χ1n) is 7.14. The predicted molar refractivity (Wildman–Crippen MR) is 93.8 cm³/mol. The Labute approximate surface area is 142 Å². The molecule has 1 aromatic rings. The zero-order chi connectivity index (χ0) is 17.7. The summed E-state index contributed by atoms with van der Waals surface area (Å²) in [5.74, 6) is 0.593. The van der Waals surface area contributed by atoms with Crippen LogP contribution in [0.1, 0.15) is 31.1 Å². The lowest BCUT2D eigenvalue weighted by Gasteiger charge is -2.17. The van der Waals surface area contributed by atoms with E-state index in [0.717, 1.165) is 0 Å². The van der Waals surface area contributed by atoms with Gasteiger partial charge in [0, 0.05) is 24.1 Å². The van der Waals surface area contributed by atoms with Gasteiger partial charge >= 0.3 is 0 Å². The summed E-state index contributed by atoms with van der Waals surface area (Å²) in [7, 11) is -0.761. The van der Waals surface area contributed by atoms with Gasteiger partial charge in [-0.25, -0.2) is 13.1 Å². The van der Waals surface area contributed by atoms with Crippen molar-refractivity contribution in [1.82, 2.24) is 10.0 Å². The van der Waals surface area contributed by atoms with Crippen molar-refractivity contribution < 1.29 is 17.9 Å². The summed E-state index contributed by atoms with van der Waals surface area (Å²) in [4.78, 5) is 11.9. The second kappa shape index (κ2) is 8.03. The van der Waals surface area contributed by atoms with Crippen molar-refractivity contribution in [2.45, 2.75) is 30.4 Å². The second-order valence-electron chi connectivity index (χ2n) is 5.80. The van der Waals surface area contributed by atoms with Gasteiger partial charge in [0.1, 0.15) is 5.75 Å². The van der Waals surface area contributed by atoms with Gasteiger partial charge in [0.05, 0.1) is 17.6 Å². The number of carbonyl (C=O) groups is 1. The number of carbonyl (C=O) groups excluding carboxylic acids is 1. The molecule has 1 aromatic carbocycles. The SMILES string of the molecule is CNC(=O)c1cc(S(=O)(=O)NCCSC(C)(C)C)ccc1OC. The average Bonchev–Trinajstić information content (AvgIpc) is 2.49. The third-order valence-electron chi connectivity index (χ3n) is 2.88. The lowest BCUT2D eigenvalue weighted by Crippen LogP contribution is -2.27. The quantitative estimate of drug-likeness (QED) is 0.725. The molecule has 0 saturated heterocycles. The number of sulfonamides is 1. The fourth-order valence-electron chi connectivity index (χ4n) is 1.78. The third kappa shape index (κ3) is 6.04. The highest BCUT2D eigenvalue weighted by Gasteiger charge is 2.19. The molecule has 0 aliphatic heterocycles. The van der Waals surface area contributed by atoms with Crippen molar-refractivity contribution in [1.29, 1.82) is 0 Å². The van der Waals surface area contributed by atoms with Crippen LogP contribution in [-0.2, 0) is 10.0 Å². The van der Waals surface area contributed by atoms with Crippen molar-refractivity contribution in [3.8, 4) is 5.75 Å². The molecule has 23 heavy (non-hydrogen) atoms. The minimum atomic E-state index is -3.67. The number of thioether (sulfide) groups is 1. The van der Waals surface area contributed by atoms with E-state index in [2.05, 4.69) is 30.8 Å². The van der Waals surface area contributed by atoms with Crippen molar-refractivity contribution in [2.24, 2.45) is 0 Å². The number of methoxy groups -OCH3 is 1. The summed E-state index contributed by atoms with van der Waals surface area (Å²) in [6.45, 7) is 6.55. The van der Waals surface area contributed by atoms with E-state index < -0.39 is 15.9 Å². The number of hydrogen-bond donors (Lipinski definition) is 2. The Morgan fingerprint density at radius 3 is 2.48 bits per heavy atom. The maximum atomic E-state index is 12.3. The summed E-state index contributed by atoms with van der Waals surface area (Å²) in [5, 5.41) is 2.47. The molecule has 0 fully saturated rings. The molecule has 0 radical (unpaired) electrons. The zero-order valence-corrected chi connectivity index (χ0v) is 15.7. The van der Waals surface area contributed by atoms with Crippen LogP contribution in [0.2, 0.25) is 0 Å². The number of ether oxygens (including phenoxy) is 1. The summed E-state index contributed by atoms with van der Waals surface area (Å²) < 4.78 is 32.4. The van der Waals surface area contributed by atoms with Crippen LogP contribution in [0.25, 0.3) is 0 Å². The van der Waals surface area contributed by atoms with E-state index in [9.17, 15) is 13.2 Å². The highest BCUT2D eigenvalue weighted by atomic mass is 32.2. The smallest absolute Gasteiger partial charge is 0.254 e. The molecule has 6 nitrogen and oxygen atoms in total. The predicted octanol–water partition coefficient (Wildman–Crippen LogP) is 1.86. The Morgan fingerprint density at radius 2 is 1.96 bits per heavy atom. The molecule has 0 spiro atoms. The molecule has 8 heteroatoms. The first kappa shape index (κ1) is 19.8. The maximum Gasteiger partial charge on any atom is 0.254 e. The van der Waals surface area contributed by atoms with Gasteiger partial charge < -0.3 is 10.1 Å². The average molecular weight is 361 g/mol. The van der Waals surface area contributed by atoms with Gasteiger partial charge in [0.25, 0.3) is 5.91 Å². The fourth-order valence-corrected chi connectivity index (χ4v) is 3.79. The van der Waals surface area contributed by atoms with Gasteiger partial charge in [-0.1, -0.05) is 20.8 Å². The largest absolute Gasteiger partial charge is 0.496 e. The van der Waals surface area contributed by atoms with Crippen LogP contribution >= 0.6 is 11.8 Å². The molecule has 1 rings (SSSR count). The lowest BCUT2D eigenvalue weighted by atomic mass is 10.2. The molecule has 130 valence electrons. The molecule has 0 saturated carbocycles. The molecule has 0 aliphatic carbocycles. The van der Waals surface area contributed by atoms with E-state index in [0.29, 0.717) is 18.0 Å². The van der Waals surface area contributed by atoms with E-state index >= 15 is 0 Å². The number of amides is 1. The van der Waals surface area contributed by atoms with Gasteiger partial charge in [0.2, 0.25) is 10.0 Å². The molecule has 0 aliphatic rings. The van der Waals surface area contributed by atoms with Crippen molar-refractivity contribution in [3.05, 3.63) is 23.8 Å². The van der Waals surface area contributed by atoms with Crippen LogP contribution in [0.4, 0.5) is 0 Å². The van der Waals surface area contributed by atoms with Gasteiger partial charge in [-0.05, 0) is 18.2 Å². The van der Waals surface area contributed by atoms with E-state index in [1.54, 1.807) is 11.8 Å². The Bertz CT molecular complexity index is 652. The zero-order valence-electron chi connectivity index (χ0n) is 14.1. The molecule has 0 unspecified atom stereocenters. The molecule has 0 bridgehead atoms. The molecule has 0 aromatic heterocycles. The number of nitrogens with one attached hydrogen (secondary N) is 2.